The molecule has 0 radical (unpaired) electrons. The van der Waals surface area contributed by atoms with Crippen molar-refractivity contribution >= 4 is 0 Å². The second kappa shape index (κ2) is 4.21. The number of aromatic nitrogens is 2. The third kappa shape index (κ3) is 1.67. The van der Waals surface area contributed by atoms with E-state index in [2.05, 4.69) is 22.0 Å². The molecule has 1 N–H and O–H groups in total. The van der Waals surface area contributed by atoms with Crippen LogP contribution in [0.1, 0.15) is 55.8 Å². The van der Waals surface area contributed by atoms with Crippen LogP contribution in [0.25, 0.3) is 0 Å². The molecule has 1 aromatic heterocycles. The molecule has 0 amide bonds. The Hall–Kier alpha value is -0.830. The van der Waals surface area contributed by atoms with E-state index in [1.54, 1.807) is 0 Å². The van der Waals surface area contributed by atoms with Crippen molar-refractivity contribution in [2.75, 3.05) is 6.54 Å². The highest BCUT2D eigenvalue weighted by atomic mass is 15.2. The summed E-state index contributed by atoms with van der Waals surface area (Å²) in [5, 5.41) is 7.38. The lowest BCUT2D eigenvalue weighted by Crippen LogP contribution is -2.33. The molecule has 1 atom stereocenters. The third-order valence-corrected chi connectivity index (χ3v) is 4.29. The molecule has 3 nitrogen and oxygen atoms in total. The molecule has 1 aromatic rings. The smallest absolute Gasteiger partial charge is 0.0553 e. The van der Waals surface area contributed by atoms with Crippen molar-refractivity contribution in [2.45, 2.75) is 57.5 Å². The number of H-pyrrole nitrogens is 1. The Morgan fingerprint density at radius 3 is 2.75 bits per heavy atom. The monoisotopic (exact) mass is 219 g/mol. The summed E-state index contributed by atoms with van der Waals surface area (Å²) in [4.78, 5) is 2.73. The van der Waals surface area contributed by atoms with Crippen molar-refractivity contribution in [3.8, 4) is 0 Å². The number of hydrogen-bond donors (Lipinski definition) is 1. The first kappa shape index (κ1) is 10.3. The average molecular weight is 219 g/mol. The molecular formula is C13H21N3. The fourth-order valence-electron chi connectivity index (χ4n) is 3.47. The molecule has 1 aliphatic carbocycles. The minimum Gasteiger partial charge on any atom is -0.292 e. The minimum atomic E-state index is 0.616. The zero-order chi connectivity index (χ0) is 11.0. The van der Waals surface area contributed by atoms with Gasteiger partial charge in [0.1, 0.15) is 0 Å². The van der Waals surface area contributed by atoms with Gasteiger partial charge in [-0.3, -0.25) is 10.00 Å². The van der Waals surface area contributed by atoms with Crippen LogP contribution in [0.3, 0.4) is 0 Å². The van der Waals surface area contributed by atoms with E-state index in [0.717, 1.165) is 6.04 Å². The highest BCUT2D eigenvalue weighted by molar-refractivity contribution is 5.19. The fourth-order valence-corrected chi connectivity index (χ4v) is 3.47. The summed E-state index contributed by atoms with van der Waals surface area (Å²) in [6.45, 7) is 3.46. The zero-order valence-corrected chi connectivity index (χ0v) is 10.1. The van der Waals surface area contributed by atoms with Crippen molar-refractivity contribution in [2.24, 2.45) is 0 Å². The fraction of sp³-hybridized carbons (Fsp3) is 0.769. The maximum Gasteiger partial charge on any atom is 0.0553 e. The summed E-state index contributed by atoms with van der Waals surface area (Å²) >= 11 is 0. The lowest BCUT2D eigenvalue weighted by molar-refractivity contribution is 0.179. The molecule has 16 heavy (non-hydrogen) atoms. The Morgan fingerprint density at radius 2 is 2.06 bits per heavy atom. The second-order valence-corrected chi connectivity index (χ2v) is 5.30. The van der Waals surface area contributed by atoms with Gasteiger partial charge >= 0.3 is 0 Å². The largest absolute Gasteiger partial charge is 0.292 e. The van der Waals surface area contributed by atoms with Gasteiger partial charge in [-0.05, 0) is 44.7 Å². The average Bonchev–Trinajstić information content (AvgIpc) is 2.95. The molecule has 88 valence electrons. The van der Waals surface area contributed by atoms with E-state index in [1.165, 1.54) is 56.3 Å². The Kier molecular flexibility index (Phi) is 2.72. The van der Waals surface area contributed by atoms with Crippen LogP contribution >= 0.6 is 0 Å². The molecule has 3 rings (SSSR count). The Labute approximate surface area is 97.2 Å². The van der Waals surface area contributed by atoms with E-state index >= 15 is 0 Å². The molecular weight excluding hydrogens is 198 g/mol. The first-order valence-electron chi connectivity index (χ1n) is 6.62. The number of hydrogen-bond acceptors (Lipinski definition) is 2. The van der Waals surface area contributed by atoms with Gasteiger partial charge in [-0.1, -0.05) is 12.8 Å². The van der Waals surface area contributed by atoms with Gasteiger partial charge in [0.25, 0.3) is 0 Å². The SMILES string of the molecule is Cc1cn[nH]c1[C@H]1CCCN1C1CCCC1. The van der Waals surface area contributed by atoms with E-state index in [4.69, 9.17) is 0 Å². The van der Waals surface area contributed by atoms with E-state index in [0.29, 0.717) is 6.04 Å². The number of likely N-dealkylation sites (tertiary alicyclic amines) is 1. The van der Waals surface area contributed by atoms with Gasteiger partial charge < -0.3 is 0 Å². The van der Waals surface area contributed by atoms with Crippen molar-refractivity contribution in [3.63, 3.8) is 0 Å². The summed E-state index contributed by atoms with van der Waals surface area (Å²) in [5.41, 5.74) is 2.69. The molecule has 3 heteroatoms. The lowest BCUT2D eigenvalue weighted by atomic mass is 10.1. The highest BCUT2D eigenvalue weighted by Gasteiger charge is 2.34. The van der Waals surface area contributed by atoms with Crippen LogP contribution in [0.4, 0.5) is 0 Å². The summed E-state index contributed by atoms with van der Waals surface area (Å²) < 4.78 is 0. The number of aryl methyl sites for hydroxylation is 1. The number of rotatable bonds is 2. The second-order valence-electron chi connectivity index (χ2n) is 5.30. The number of aromatic amines is 1. The van der Waals surface area contributed by atoms with Crippen LogP contribution in [0.2, 0.25) is 0 Å². The molecule has 0 unspecified atom stereocenters. The van der Waals surface area contributed by atoms with Crippen LogP contribution in [-0.2, 0) is 0 Å². The van der Waals surface area contributed by atoms with E-state index in [-0.39, 0.29) is 0 Å². The predicted molar refractivity (Wildman–Crippen MR) is 64.3 cm³/mol. The zero-order valence-electron chi connectivity index (χ0n) is 10.1. The van der Waals surface area contributed by atoms with Gasteiger partial charge in [0.05, 0.1) is 17.9 Å². The van der Waals surface area contributed by atoms with Crippen LogP contribution < -0.4 is 0 Å². The molecule has 0 spiro atoms. The molecule has 1 saturated heterocycles. The van der Waals surface area contributed by atoms with E-state index in [9.17, 15) is 0 Å². The van der Waals surface area contributed by atoms with Gasteiger partial charge in [0, 0.05) is 6.04 Å². The molecule has 2 fully saturated rings. The normalized spacial score (nSPS) is 27.9. The third-order valence-electron chi connectivity index (χ3n) is 4.29. The number of nitrogens with zero attached hydrogens (tertiary/aromatic N) is 2. The van der Waals surface area contributed by atoms with Crippen LogP contribution in [0, 0.1) is 6.92 Å². The van der Waals surface area contributed by atoms with Crippen molar-refractivity contribution in [3.05, 3.63) is 17.5 Å². The Morgan fingerprint density at radius 1 is 1.25 bits per heavy atom. The number of nitrogens with one attached hydrogen (secondary N) is 1. The summed E-state index contributed by atoms with van der Waals surface area (Å²) in [7, 11) is 0. The molecule has 0 bridgehead atoms. The maximum absolute atomic E-state index is 4.18. The summed E-state index contributed by atoms with van der Waals surface area (Å²) in [6.07, 6.45) is 10.3. The summed E-state index contributed by atoms with van der Waals surface area (Å²) in [6, 6.07) is 1.46. The predicted octanol–water partition coefficient (Wildman–Crippen LogP) is 2.80. The lowest BCUT2D eigenvalue weighted by Gasteiger charge is -2.30. The molecule has 2 heterocycles. The first-order valence-corrected chi connectivity index (χ1v) is 6.62. The molecule has 2 aliphatic rings. The van der Waals surface area contributed by atoms with Crippen LogP contribution in [0.15, 0.2) is 6.20 Å². The van der Waals surface area contributed by atoms with E-state index < -0.39 is 0 Å². The molecule has 1 saturated carbocycles. The van der Waals surface area contributed by atoms with Gasteiger partial charge in [-0.2, -0.15) is 5.10 Å². The van der Waals surface area contributed by atoms with Gasteiger partial charge in [-0.25, -0.2) is 0 Å². The van der Waals surface area contributed by atoms with Gasteiger partial charge in [0.2, 0.25) is 0 Å². The maximum atomic E-state index is 4.18. The van der Waals surface area contributed by atoms with Crippen molar-refractivity contribution in [1.82, 2.24) is 15.1 Å². The van der Waals surface area contributed by atoms with Crippen molar-refractivity contribution in [1.29, 1.82) is 0 Å². The van der Waals surface area contributed by atoms with Gasteiger partial charge in [-0.15, -0.1) is 0 Å². The first-order chi connectivity index (χ1) is 7.86. The van der Waals surface area contributed by atoms with E-state index in [1.807, 2.05) is 6.20 Å². The Balaban J connectivity index is 1.81. The van der Waals surface area contributed by atoms with Gasteiger partial charge in [0.15, 0.2) is 0 Å². The molecule has 0 aromatic carbocycles. The van der Waals surface area contributed by atoms with Crippen molar-refractivity contribution < 1.29 is 0 Å². The Bertz CT molecular complexity index is 352. The highest BCUT2D eigenvalue weighted by Crippen LogP contribution is 2.38. The molecule has 1 aliphatic heterocycles. The standard InChI is InChI=1S/C13H21N3/c1-10-9-14-15-13(10)12-7-4-8-16(12)11-5-2-3-6-11/h9,11-12H,2-8H2,1H3,(H,14,15)/t12-/m1/s1. The summed E-state index contributed by atoms with van der Waals surface area (Å²) in [5.74, 6) is 0. The topological polar surface area (TPSA) is 31.9 Å². The van der Waals surface area contributed by atoms with Crippen LogP contribution in [-0.4, -0.2) is 27.7 Å². The quantitative estimate of drug-likeness (QED) is 0.829. The van der Waals surface area contributed by atoms with Crippen LogP contribution in [0.5, 0.6) is 0 Å². The minimum absolute atomic E-state index is 0.616.